The minimum Gasteiger partial charge on any atom is -0.493 e. The van der Waals surface area contributed by atoms with Crippen molar-refractivity contribution >= 4 is 0 Å². The zero-order valence-electron chi connectivity index (χ0n) is 149. The number of rotatable bonds is 22. The van der Waals surface area contributed by atoms with Crippen LogP contribution in [0.25, 0.3) is 0 Å². The standard InChI is InChI=1S/2C20H31NO3.4C19H29NO3/c2*1-20(2,3)11-14-12-21-7-6-13-8-18(23-4)19(24-5)9-15(13)16(21)10-17(14)22;4*1-12(2)7-14-11-20-6-5-13-8-18(22-3)19(23-4)9-15(13)16(20)10-17(14)21/h2*8-9,14,16-17,22H,6-7,10-12H2,1-5H3;4*8-9,12,14,16-17,21H,5-7,10-11H2,1-4H3/i1D3,2D3,5D3,8D,9D,10D2,11D2,12D2,14D,17D;1D3,2D3,8D,9D,10D2,11D2,12D2,14D,17D;4D3,8D,9D,10D2,11D2,14D,17D;4D3,5D2,6D2,8D,9D;2*5D2,6D2,8D,9D. The van der Waals surface area contributed by atoms with E-state index in [-0.39, 0.29) is 232 Å². The smallest absolute Gasteiger partial charge is 0.161 e. The number of aliphatic hydroxyl groups excluding tert-OH is 3. The largest absolute Gasteiger partial charge is 0.493 e. The molecule has 24 heteroatoms. The average Bonchev–Trinajstić information content (AvgIpc) is 0.646. The quantitative estimate of drug-likeness (QED) is 0.0369. The molecule has 6 saturated heterocycles. The number of hydrogen-bond acceptors (Lipinski definition) is 24. The first-order valence-electron chi connectivity index (χ1n) is 79.9. The van der Waals surface area contributed by atoms with Crippen LogP contribution in [0.15, 0.2) is 72.5 Å². The Labute approximate surface area is 934 Å². The molecule has 140 heavy (non-hydrogen) atoms. The fourth-order valence-corrected chi connectivity index (χ4v) is 18.9. The monoisotopic (exact) mass is 2010 g/mol. The lowest BCUT2D eigenvalue weighted by Crippen LogP contribution is -2.48. The van der Waals surface area contributed by atoms with Gasteiger partial charge in [-0.15, -0.1) is 0 Å². The predicted molar refractivity (Wildman–Crippen MR) is 556 cm³/mol. The van der Waals surface area contributed by atoms with Crippen molar-refractivity contribution in [1.29, 1.82) is 0 Å². The molecule has 24 nitrogen and oxygen atoms in total. The van der Waals surface area contributed by atoms with Gasteiger partial charge in [-0.25, -0.2) is 0 Å². The lowest BCUT2D eigenvalue weighted by Gasteiger charge is -2.47. The molecule has 0 aromatic heterocycles. The zero-order chi connectivity index (χ0) is 160. The van der Waals surface area contributed by atoms with Crippen LogP contribution in [0, 0.1) is 69.9 Å². The molecule has 0 radical (unpaired) electrons. The first-order valence-corrected chi connectivity index (χ1v) is 46.4. The number of nitrogens with zero attached hydrogens (tertiary/aromatic N) is 6. The number of fused-ring (bicyclic) bond motifs is 18. The summed E-state index contributed by atoms with van der Waals surface area (Å²) in [6, 6.07) is -13.8. The van der Waals surface area contributed by atoms with E-state index >= 15 is 0 Å². The molecule has 6 N–H and O–H groups in total. The second kappa shape index (κ2) is 48.6. The van der Waals surface area contributed by atoms with E-state index in [2.05, 4.69) is 0 Å². The van der Waals surface area contributed by atoms with Crippen molar-refractivity contribution in [3.8, 4) is 69.0 Å². The van der Waals surface area contributed by atoms with E-state index in [4.69, 9.17) is 149 Å². The SMILES string of the molecule is [2H]c1c(OC([2H])([2H])[2H])c(OC)c([2H])c2c1C1CC(O)C(CC(C)C)CN1C([2H])([2H])C2([2H])[2H].[2H]c1c(OC)c(OC)c([2H])c2c1C1CC(O)C(CC(C)C)CN1C([2H])([2H])C2([2H])[2H].[2H]c1c(OC)c(OC)c([2H])c2c1C1CC(O)C(CC(C)C)CN1C([2H])([2H])C2([2H])[2H].[2H]c1c2c(c([2H])c(OC([2H])([2H])[2H])c1OC)C1N(CC2)C([2H])([2H])C([2H])(C([2H])([2H])C(C)(C([2H])([2H])[2H])C([2H])([2H])[2H])C([2H])(O)C1([2H])[2H].[2H]c1c2c(c([2H])c(OC([2H])([2H])[2H])c1OC)C1N(CC2)C([2H])([2H])C([2H])(CC(C)C)C([2H])(O)C1([2H])[2H].[2H]c1c2c(c([2H])c(OC)c1OC)C1N(CC2)C([2H])([2H])C([2H])(C([2H])([2H])C(C)(C([2H])([2H])[2H])C([2H])([2H])[2H])C([2H])(O)C1([2H])[2H]. The highest BCUT2D eigenvalue weighted by atomic mass is 16.5. The predicted octanol–water partition coefficient (Wildman–Crippen LogP) is 19.0. The molecule has 0 spiro atoms. The van der Waals surface area contributed by atoms with E-state index in [1.54, 1.807) is 13.8 Å². The summed E-state index contributed by atoms with van der Waals surface area (Å²) in [5.74, 6) is -15.0. The second-order valence-corrected chi connectivity index (χ2v) is 37.6. The van der Waals surface area contributed by atoms with Crippen LogP contribution in [-0.4, -0.2) is 260 Å². The molecule has 6 fully saturated rings. The molecule has 18 rings (SSSR count). The molecule has 12 heterocycles. The Morgan fingerprint density at radius 2 is 0.557 bits per heavy atom. The summed E-state index contributed by atoms with van der Waals surface area (Å²) >= 11 is 0. The molecule has 0 bridgehead atoms. The average molecular weight is 2010 g/mol. The van der Waals surface area contributed by atoms with E-state index < -0.39 is 330 Å². The maximum atomic E-state index is 11.5. The van der Waals surface area contributed by atoms with Gasteiger partial charge in [0.05, 0.1) is 155 Å². The second-order valence-electron chi connectivity index (χ2n) is 37.6. The molecule has 18 atom stereocenters. The summed E-state index contributed by atoms with van der Waals surface area (Å²) in [6.07, 6.45) is -38.9. The Morgan fingerprint density at radius 1 is 0.329 bits per heavy atom. The topological polar surface area (TPSA) is 252 Å². The third kappa shape index (κ3) is 26.3. The van der Waals surface area contributed by atoms with Crippen molar-refractivity contribution < 1.29 is 179 Å². The summed E-state index contributed by atoms with van der Waals surface area (Å²) < 4.78 is 624. The van der Waals surface area contributed by atoms with E-state index in [0.717, 1.165) is 26.2 Å². The Balaban J connectivity index is 0.000000200. The molecule has 12 aliphatic heterocycles. The van der Waals surface area contributed by atoms with Gasteiger partial charge in [0.2, 0.25) is 0 Å². The van der Waals surface area contributed by atoms with Gasteiger partial charge in [0.15, 0.2) is 69.0 Å². The Hall–Kier alpha value is -7.56. The maximum absolute atomic E-state index is 11.5. The molecular weight excluding hydrogens is 1770 g/mol. The van der Waals surface area contributed by atoms with Crippen molar-refractivity contribution in [3.63, 3.8) is 0 Å². The molecule has 18 unspecified atom stereocenters. The highest BCUT2D eigenvalue weighted by molar-refractivity contribution is 5.55. The van der Waals surface area contributed by atoms with Gasteiger partial charge in [0.1, 0.15) is 0 Å². The molecule has 0 aliphatic carbocycles. The van der Waals surface area contributed by atoms with Gasteiger partial charge in [-0.3, -0.25) is 29.4 Å². The fraction of sp³-hybridized carbons (Fsp3) is 0.690. The Morgan fingerprint density at radius 3 is 0.800 bits per heavy atom. The van der Waals surface area contributed by atoms with E-state index in [1.165, 1.54) is 57.4 Å². The summed E-state index contributed by atoms with van der Waals surface area (Å²) in [7, 11) is 1.85. The molecule has 0 amide bonds. The van der Waals surface area contributed by atoms with Gasteiger partial charge in [-0.05, 0) is 324 Å². The number of aliphatic hydroxyl groups is 6. The number of ether oxygens (including phenoxy) is 12. The van der Waals surface area contributed by atoms with Crippen LogP contribution < -0.4 is 56.8 Å². The lowest BCUT2D eigenvalue weighted by atomic mass is 9.75. The molecule has 12 aliphatic rings. The van der Waals surface area contributed by atoms with Gasteiger partial charge in [-0.1, -0.05) is 96.6 Å². The summed E-state index contributed by atoms with van der Waals surface area (Å²) in [5, 5.41) is 66.5. The van der Waals surface area contributed by atoms with Gasteiger partial charge >= 0.3 is 0 Å². The lowest BCUT2D eigenvalue weighted by molar-refractivity contribution is -0.0259. The first kappa shape index (κ1) is 51.2. The van der Waals surface area contributed by atoms with Gasteiger partial charge in [-0.2, -0.15) is 0 Å². The molecule has 6 aromatic rings. The van der Waals surface area contributed by atoms with Crippen LogP contribution in [0.4, 0.5) is 0 Å². The highest BCUT2D eigenvalue weighted by Crippen LogP contribution is 2.53. The molecule has 0 saturated carbocycles. The summed E-state index contributed by atoms with van der Waals surface area (Å²) in [6.45, 7) is -17.2. The Bertz CT molecular complexity index is 8210. The van der Waals surface area contributed by atoms with E-state index in [1.807, 2.05) is 41.5 Å². The third-order valence-electron chi connectivity index (χ3n) is 25.2. The van der Waals surface area contributed by atoms with Crippen molar-refractivity contribution in [2.45, 2.75) is 285 Å². The van der Waals surface area contributed by atoms with Crippen LogP contribution in [0.2, 0.25) is 0 Å². The normalized spacial score (nSPS) is 42.7. The van der Waals surface area contributed by atoms with Crippen molar-refractivity contribution in [1.82, 2.24) is 29.4 Å². The Kier molecular flexibility index (Phi) is 17.8. The van der Waals surface area contributed by atoms with E-state index in [0.29, 0.717) is 54.7 Å². The van der Waals surface area contributed by atoms with Crippen LogP contribution in [0.1, 0.15) is 368 Å². The maximum Gasteiger partial charge on any atom is 0.161 e. The minimum atomic E-state index is -4.29. The molecular formula is C116H178N6O18. The third-order valence-corrected chi connectivity index (χ3v) is 25.2. The van der Waals surface area contributed by atoms with Crippen LogP contribution in [0.3, 0.4) is 0 Å². The van der Waals surface area contributed by atoms with Crippen molar-refractivity contribution in [2.75, 3.05) is 163 Å². The van der Waals surface area contributed by atoms with Crippen molar-refractivity contribution in [2.24, 2.45) is 69.9 Å². The fourth-order valence-electron chi connectivity index (χ4n) is 18.9. The number of piperidine rings is 6. The molecule has 6 aromatic carbocycles. The van der Waals surface area contributed by atoms with Crippen LogP contribution in [-0.2, 0) is 38.4 Å². The number of methoxy groups -OCH3 is 12. The minimum absolute atomic E-state index is 0.00897. The number of benzene rings is 6. The molecule has 780 valence electrons. The first-order chi connectivity index (χ1) is 93.1. The van der Waals surface area contributed by atoms with Gasteiger partial charge in [0.25, 0.3) is 0 Å². The summed E-state index contributed by atoms with van der Waals surface area (Å²) in [5.41, 5.74) is -8.92. The highest BCUT2D eigenvalue weighted by Gasteiger charge is 2.47. The van der Waals surface area contributed by atoms with Crippen LogP contribution in [0.5, 0.6) is 69.0 Å². The number of hydrogen-bond donors (Lipinski definition) is 6. The van der Waals surface area contributed by atoms with Gasteiger partial charge in [0, 0.05) is 173 Å². The zero-order valence-corrected chi connectivity index (χ0v) is 82.3. The van der Waals surface area contributed by atoms with E-state index in [9.17, 15) is 30.6 Å². The summed E-state index contributed by atoms with van der Waals surface area (Å²) in [4.78, 5) is 6.23. The van der Waals surface area contributed by atoms with Crippen LogP contribution >= 0.6 is 0 Å². The van der Waals surface area contributed by atoms with Crippen molar-refractivity contribution in [3.05, 3.63) is 139 Å². The van der Waals surface area contributed by atoms with Gasteiger partial charge < -0.3 is 87.5 Å².